The molecule has 1 N–H and O–H groups in total. The first kappa shape index (κ1) is 22.6. The molecule has 1 saturated heterocycles. The predicted octanol–water partition coefficient (Wildman–Crippen LogP) is 4.23. The summed E-state index contributed by atoms with van der Waals surface area (Å²) in [6.45, 7) is 6.28. The van der Waals surface area contributed by atoms with Crippen molar-refractivity contribution < 1.29 is 22.4 Å². The molecule has 2 unspecified atom stereocenters. The van der Waals surface area contributed by atoms with E-state index in [1.54, 1.807) is 12.1 Å². The van der Waals surface area contributed by atoms with Gasteiger partial charge in [0, 0.05) is 37.9 Å². The Hall–Kier alpha value is -2.61. The van der Waals surface area contributed by atoms with Gasteiger partial charge in [0.25, 0.3) is 0 Å². The minimum absolute atomic E-state index is 0.0576. The molecular formula is C24H27F4N3O. The Bertz CT molecular complexity index is 974. The zero-order chi connectivity index (χ0) is 23.0. The predicted molar refractivity (Wildman–Crippen MR) is 115 cm³/mol. The first-order valence-corrected chi connectivity index (χ1v) is 10.9. The van der Waals surface area contributed by atoms with Crippen molar-refractivity contribution in [2.75, 3.05) is 24.5 Å². The van der Waals surface area contributed by atoms with E-state index in [9.17, 15) is 22.4 Å². The summed E-state index contributed by atoms with van der Waals surface area (Å²) in [4.78, 5) is 17.3. The lowest BCUT2D eigenvalue weighted by Gasteiger charge is -2.49. The molecule has 32 heavy (non-hydrogen) atoms. The number of hydrogen-bond donors (Lipinski definition) is 1. The Morgan fingerprint density at radius 2 is 1.84 bits per heavy atom. The molecule has 172 valence electrons. The summed E-state index contributed by atoms with van der Waals surface area (Å²) in [5.74, 6) is -0.878. The van der Waals surface area contributed by atoms with Gasteiger partial charge in [0.05, 0.1) is 17.5 Å². The van der Waals surface area contributed by atoms with Gasteiger partial charge in [-0.15, -0.1) is 0 Å². The van der Waals surface area contributed by atoms with Gasteiger partial charge in [-0.2, -0.15) is 13.2 Å². The second-order valence-electron chi connectivity index (χ2n) is 8.94. The number of carbonyl (C=O) groups is 1. The Kier molecular flexibility index (Phi) is 6.16. The van der Waals surface area contributed by atoms with Gasteiger partial charge in [-0.1, -0.05) is 12.1 Å². The minimum Gasteiger partial charge on any atom is -0.365 e. The van der Waals surface area contributed by atoms with Crippen LogP contribution < -0.4 is 10.2 Å². The summed E-state index contributed by atoms with van der Waals surface area (Å²) in [7, 11) is 0. The molecule has 2 aromatic rings. The first-order valence-electron chi connectivity index (χ1n) is 10.9. The van der Waals surface area contributed by atoms with E-state index in [-0.39, 0.29) is 30.2 Å². The lowest BCUT2D eigenvalue weighted by atomic mass is 9.82. The molecule has 0 bridgehead atoms. The quantitative estimate of drug-likeness (QED) is 0.710. The third kappa shape index (κ3) is 4.75. The Balaban J connectivity index is 1.61. The van der Waals surface area contributed by atoms with Gasteiger partial charge in [0.1, 0.15) is 5.82 Å². The molecule has 2 atom stereocenters. The molecule has 2 aromatic carbocycles. The van der Waals surface area contributed by atoms with Crippen LogP contribution in [0.15, 0.2) is 42.5 Å². The second kappa shape index (κ2) is 8.73. The van der Waals surface area contributed by atoms with Crippen LogP contribution in [0.2, 0.25) is 0 Å². The van der Waals surface area contributed by atoms with Gasteiger partial charge in [0.2, 0.25) is 5.91 Å². The number of piperazine rings is 1. The molecule has 0 aromatic heterocycles. The van der Waals surface area contributed by atoms with Gasteiger partial charge in [-0.05, 0) is 61.7 Å². The molecule has 0 aliphatic carbocycles. The van der Waals surface area contributed by atoms with E-state index >= 15 is 0 Å². The van der Waals surface area contributed by atoms with Crippen molar-refractivity contribution in [2.45, 2.75) is 45.1 Å². The summed E-state index contributed by atoms with van der Waals surface area (Å²) in [5.41, 5.74) is 1.63. The van der Waals surface area contributed by atoms with Crippen molar-refractivity contribution in [2.24, 2.45) is 5.92 Å². The molecule has 1 amide bonds. The third-order valence-corrected chi connectivity index (χ3v) is 6.21. The molecular weight excluding hydrogens is 422 g/mol. The molecule has 4 nitrogen and oxygen atoms in total. The zero-order valence-corrected chi connectivity index (χ0v) is 18.1. The minimum atomic E-state index is -4.42. The van der Waals surface area contributed by atoms with Gasteiger partial charge >= 0.3 is 6.18 Å². The number of amides is 1. The summed E-state index contributed by atoms with van der Waals surface area (Å²) in [6, 6.07) is 10.0. The number of halogens is 4. The van der Waals surface area contributed by atoms with E-state index in [1.165, 1.54) is 24.3 Å². The number of rotatable bonds is 4. The smallest absolute Gasteiger partial charge is 0.365 e. The van der Waals surface area contributed by atoms with E-state index in [4.69, 9.17) is 0 Å². The number of alkyl halides is 3. The SMILES string of the molecule is CC(C)NC(=O)C1Cc2cc(C(F)(F)F)ccc2N2CCN(Cc3ccc(F)cc3)CC12. The maximum atomic E-state index is 13.3. The molecule has 0 radical (unpaired) electrons. The highest BCUT2D eigenvalue weighted by Gasteiger charge is 2.42. The van der Waals surface area contributed by atoms with Crippen LogP contribution in [-0.2, 0) is 23.9 Å². The average Bonchev–Trinajstić information content (AvgIpc) is 2.73. The highest BCUT2D eigenvalue weighted by atomic mass is 19.4. The Labute approximate surface area is 185 Å². The molecule has 2 heterocycles. The van der Waals surface area contributed by atoms with E-state index in [0.717, 1.165) is 17.3 Å². The number of nitrogens with zero attached hydrogens (tertiary/aromatic N) is 2. The van der Waals surface area contributed by atoms with Gasteiger partial charge < -0.3 is 10.2 Å². The zero-order valence-electron chi connectivity index (χ0n) is 18.1. The van der Waals surface area contributed by atoms with Gasteiger partial charge in [-0.25, -0.2) is 4.39 Å². The average molecular weight is 449 g/mol. The molecule has 0 saturated carbocycles. The lowest BCUT2D eigenvalue weighted by molar-refractivity contribution is -0.137. The number of carbonyl (C=O) groups excluding carboxylic acids is 1. The van der Waals surface area contributed by atoms with Gasteiger partial charge in [-0.3, -0.25) is 9.69 Å². The topological polar surface area (TPSA) is 35.6 Å². The van der Waals surface area contributed by atoms with E-state index in [0.29, 0.717) is 31.7 Å². The lowest BCUT2D eigenvalue weighted by Crippen LogP contribution is -2.61. The largest absolute Gasteiger partial charge is 0.416 e. The monoisotopic (exact) mass is 449 g/mol. The standard InChI is InChI=1S/C24H27F4N3O/c1-15(2)29-23(32)20-12-17-11-18(24(26,27)28)5-8-21(17)31-10-9-30(14-22(20)31)13-16-3-6-19(25)7-4-16/h3-8,11,15,20,22H,9-10,12-14H2,1-2H3,(H,29,32). The van der Waals surface area contributed by atoms with Crippen LogP contribution in [0.25, 0.3) is 0 Å². The number of fused-ring (bicyclic) bond motifs is 3. The fourth-order valence-electron chi connectivity index (χ4n) is 4.74. The molecule has 4 rings (SSSR count). The van der Waals surface area contributed by atoms with Crippen molar-refractivity contribution in [3.8, 4) is 0 Å². The number of nitrogens with one attached hydrogen (secondary N) is 1. The van der Waals surface area contributed by atoms with Crippen LogP contribution in [-0.4, -0.2) is 42.5 Å². The molecule has 8 heteroatoms. The molecule has 2 aliphatic rings. The van der Waals surface area contributed by atoms with Crippen LogP contribution in [0.3, 0.4) is 0 Å². The fraction of sp³-hybridized carbons (Fsp3) is 0.458. The maximum absolute atomic E-state index is 13.3. The Morgan fingerprint density at radius 1 is 1.12 bits per heavy atom. The van der Waals surface area contributed by atoms with E-state index < -0.39 is 17.7 Å². The van der Waals surface area contributed by atoms with Gasteiger partial charge in [0.15, 0.2) is 0 Å². The second-order valence-corrected chi connectivity index (χ2v) is 8.94. The van der Waals surface area contributed by atoms with Crippen molar-refractivity contribution in [1.29, 1.82) is 0 Å². The van der Waals surface area contributed by atoms with Crippen molar-refractivity contribution >= 4 is 11.6 Å². The van der Waals surface area contributed by atoms with Crippen molar-refractivity contribution in [1.82, 2.24) is 10.2 Å². The summed E-state index contributed by atoms with van der Waals surface area (Å²) in [5, 5.41) is 2.94. The van der Waals surface area contributed by atoms with E-state index in [2.05, 4.69) is 15.1 Å². The van der Waals surface area contributed by atoms with Crippen LogP contribution in [0.4, 0.5) is 23.2 Å². The third-order valence-electron chi connectivity index (χ3n) is 6.21. The van der Waals surface area contributed by atoms with Crippen molar-refractivity contribution in [3.63, 3.8) is 0 Å². The Morgan fingerprint density at radius 3 is 2.50 bits per heavy atom. The maximum Gasteiger partial charge on any atom is 0.416 e. The summed E-state index contributed by atoms with van der Waals surface area (Å²) >= 11 is 0. The van der Waals surface area contributed by atoms with Crippen molar-refractivity contribution in [3.05, 3.63) is 65.0 Å². The number of benzene rings is 2. The molecule has 2 aliphatic heterocycles. The summed E-state index contributed by atoms with van der Waals surface area (Å²) in [6.07, 6.45) is -4.15. The molecule has 1 fully saturated rings. The normalized spacial score (nSPS) is 21.3. The number of hydrogen-bond acceptors (Lipinski definition) is 3. The highest BCUT2D eigenvalue weighted by Crippen LogP contribution is 2.40. The fourth-order valence-corrected chi connectivity index (χ4v) is 4.74. The van der Waals surface area contributed by atoms with E-state index in [1.807, 2.05) is 13.8 Å². The first-order chi connectivity index (χ1) is 15.1. The van der Waals surface area contributed by atoms with Crippen LogP contribution in [0, 0.1) is 11.7 Å². The molecule has 0 spiro atoms. The highest BCUT2D eigenvalue weighted by molar-refractivity contribution is 5.82. The van der Waals surface area contributed by atoms with Crippen LogP contribution in [0.1, 0.15) is 30.5 Å². The number of anilines is 1. The summed E-state index contributed by atoms with van der Waals surface area (Å²) < 4.78 is 53.1. The van der Waals surface area contributed by atoms with Crippen LogP contribution >= 0.6 is 0 Å². The van der Waals surface area contributed by atoms with Crippen LogP contribution in [0.5, 0.6) is 0 Å².